The molecule has 2 atom stereocenters. The van der Waals surface area contributed by atoms with Crippen LogP contribution in [0.2, 0.25) is 0 Å². The molecule has 1 aliphatic carbocycles. The molecule has 3 fully saturated rings. The van der Waals surface area contributed by atoms with E-state index in [9.17, 15) is 24.0 Å². The highest BCUT2D eigenvalue weighted by Crippen LogP contribution is 2.26. The van der Waals surface area contributed by atoms with Crippen molar-refractivity contribution in [3.63, 3.8) is 0 Å². The van der Waals surface area contributed by atoms with E-state index in [1.807, 2.05) is 0 Å². The van der Waals surface area contributed by atoms with Gasteiger partial charge in [0.25, 0.3) is 0 Å². The van der Waals surface area contributed by atoms with E-state index in [0.29, 0.717) is 19.5 Å². The van der Waals surface area contributed by atoms with Crippen molar-refractivity contribution >= 4 is 29.6 Å². The number of rotatable bonds is 7. The van der Waals surface area contributed by atoms with Crippen LogP contribution in [0.4, 0.5) is 0 Å². The number of carbonyl (C=O) groups is 5. The molecule has 0 aromatic rings. The van der Waals surface area contributed by atoms with E-state index < -0.39 is 24.0 Å². The molecule has 0 aromatic carbocycles. The minimum Gasteiger partial charge on any atom is -0.481 e. The Bertz CT molecular complexity index is 736. The number of nitrogens with one attached hydrogen (secondary N) is 2. The fraction of sp³-hybridized carbons (Fsp3) is 0.773. The monoisotopic (exact) mass is 450 g/mol. The van der Waals surface area contributed by atoms with Crippen molar-refractivity contribution in [2.45, 2.75) is 76.3 Å². The Labute approximate surface area is 188 Å². The first-order valence-electron chi connectivity index (χ1n) is 11.7. The summed E-state index contributed by atoms with van der Waals surface area (Å²) < 4.78 is 0. The molecule has 32 heavy (non-hydrogen) atoms. The van der Waals surface area contributed by atoms with Gasteiger partial charge in [0, 0.05) is 38.4 Å². The van der Waals surface area contributed by atoms with Crippen LogP contribution in [0, 0.1) is 5.92 Å². The molecule has 178 valence electrons. The Balaban J connectivity index is 1.68. The molecule has 3 N–H and O–H groups in total. The molecule has 2 saturated heterocycles. The van der Waals surface area contributed by atoms with E-state index >= 15 is 0 Å². The summed E-state index contributed by atoms with van der Waals surface area (Å²) in [5.41, 5.74) is 0. The summed E-state index contributed by atoms with van der Waals surface area (Å²) >= 11 is 0. The minimum atomic E-state index is -0.974. The van der Waals surface area contributed by atoms with Gasteiger partial charge in [-0.15, -0.1) is 0 Å². The number of hydrogen-bond acceptors (Lipinski definition) is 5. The highest BCUT2D eigenvalue weighted by molar-refractivity contribution is 5.93. The number of carbonyl (C=O) groups excluding carboxylic acids is 4. The van der Waals surface area contributed by atoms with Crippen LogP contribution in [0.3, 0.4) is 0 Å². The van der Waals surface area contributed by atoms with E-state index in [0.717, 1.165) is 38.5 Å². The van der Waals surface area contributed by atoms with Gasteiger partial charge in [-0.2, -0.15) is 0 Å². The third-order valence-electron chi connectivity index (χ3n) is 6.65. The molecule has 0 radical (unpaired) electrons. The second-order valence-electron chi connectivity index (χ2n) is 8.96. The molecular weight excluding hydrogens is 416 g/mol. The maximum atomic E-state index is 13.1. The van der Waals surface area contributed by atoms with Crippen LogP contribution in [-0.4, -0.2) is 82.8 Å². The fourth-order valence-electron chi connectivity index (χ4n) is 4.83. The Kier molecular flexibility index (Phi) is 8.46. The molecule has 2 heterocycles. The second kappa shape index (κ2) is 11.3. The Morgan fingerprint density at radius 3 is 2.44 bits per heavy atom. The zero-order valence-electron chi connectivity index (χ0n) is 18.5. The van der Waals surface area contributed by atoms with E-state index in [2.05, 4.69) is 10.6 Å². The number of hydrogen-bond donors (Lipinski definition) is 3. The molecule has 0 spiro atoms. The van der Waals surface area contributed by atoms with E-state index in [1.54, 1.807) is 4.90 Å². The number of piperazine rings is 1. The van der Waals surface area contributed by atoms with Gasteiger partial charge in [-0.3, -0.25) is 24.0 Å². The summed E-state index contributed by atoms with van der Waals surface area (Å²) in [6.45, 7) is 1.25. The van der Waals surface area contributed by atoms with Crippen molar-refractivity contribution < 1.29 is 29.1 Å². The van der Waals surface area contributed by atoms with Gasteiger partial charge in [0.2, 0.25) is 23.6 Å². The van der Waals surface area contributed by atoms with Crippen LogP contribution in [0.15, 0.2) is 0 Å². The van der Waals surface area contributed by atoms with Crippen molar-refractivity contribution in [3.05, 3.63) is 0 Å². The van der Waals surface area contributed by atoms with Gasteiger partial charge in [0.05, 0.1) is 6.54 Å². The van der Waals surface area contributed by atoms with E-state index in [4.69, 9.17) is 5.11 Å². The number of piperidine rings is 1. The summed E-state index contributed by atoms with van der Waals surface area (Å²) in [6.07, 6.45) is 6.27. The molecule has 10 heteroatoms. The standard InChI is InChI=1S/C22H34N4O6/c27-18(9-4-10-19(28)29)26-13-12-25(22(32)15-6-2-1-3-7-15)14-17(26)21(31)24-16-8-5-11-23-20(16)30/h15-17H,1-14H2,(H,23,30)(H,24,31)(H,28,29). The van der Waals surface area contributed by atoms with Crippen LogP contribution in [0.5, 0.6) is 0 Å². The minimum absolute atomic E-state index is 0.0244. The lowest BCUT2D eigenvalue weighted by Gasteiger charge is -2.42. The number of amides is 4. The molecule has 0 aromatic heterocycles. The molecule has 3 aliphatic rings. The molecule has 2 unspecified atom stereocenters. The van der Waals surface area contributed by atoms with Crippen LogP contribution in [0.1, 0.15) is 64.2 Å². The first kappa shape index (κ1) is 24.0. The average Bonchev–Trinajstić information content (AvgIpc) is 2.80. The third kappa shape index (κ3) is 6.20. The third-order valence-corrected chi connectivity index (χ3v) is 6.65. The zero-order chi connectivity index (χ0) is 23.1. The Hall–Kier alpha value is -2.65. The van der Waals surface area contributed by atoms with Gasteiger partial charge in [0.15, 0.2) is 0 Å². The van der Waals surface area contributed by atoms with Crippen LogP contribution < -0.4 is 10.6 Å². The number of carboxylic acid groups (broad SMARTS) is 1. The lowest BCUT2D eigenvalue weighted by atomic mass is 9.88. The van der Waals surface area contributed by atoms with E-state index in [-0.39, 0.29) is 56.0 Å². The lowest BCUT2D eigenvalue weighted by molar-refractivity contribution is -0.151. The predicted octanol–water partition coefficient (Wildman–Crippen LogP) is 0.256. The smallest absolute Gasteiger partial charge is 0.303 e. The summed E-state index contributed by atoms with van der Waals surface area (Å²) in [5, 5.41) is 14.3. The predicted molar refractivity (Wildman–Crippen MR) is 114 cm³/mol. The van der Waals surface area contributed by atoms with Crippen LogP contribution in [-0.2, 0) is 24.0 Å². The van der Waals surface area contributed by atoms with Crippen molar-refractivity contribution in [1.29, 1.82) is 0 Å². The van der Waals surface area contributed by atoms with Gasteiger partial charge in [-0.1, -0.05) is 19.3 Å². The SMILES string of the molecule is O=C(O)CCCC(=O)N1CCN(C(=O)C2CCCCC2)CC1C(=O)NC1CCCNC1=O. The summed E-state index contributed by atoms with van der Waals surface area (Å²) in [6, 6.07) is -1.53. The summed E-state index contributed by atoms with van der Waals surface area (Å²) in [7, 11) is 0. The maximum absolute atomic E-state index is 13.1. The van der Waals surface area contributed by atoms with Gasteiger partial charge >= 0.3 is 5.97 Å². The van der Waals surface area contributed by atoms with Gasteiger partial charge in [-0.05, 0) is 32.1 Å². The van der Waals surface area contributed by atoms with Crippen LogP contribution >= 0.6 is 0 Å². The van der Waals surface area contributed by atoms with Gasteiger partial charge < -0.3 is 25.5 Å². The lowest BCUT2D eigenvalue weighted by Crippen LogP contribution is -2.64. The van der Waals surface area contributed by atoms with Gasteiger partial charge in [0.1, 0.15) is 12.1 Å². The topological polar surface area (TPSA) is 136 Å². The maximum Gasteiger partial charge on any atom is 0.303 e. The van der Waals surface area contributed by atoms with Crippen molar-refractivity contribution in [2.75, 3.05) is 26.2 Å². The molecule has 3 rings (SSSR count). The van der Waals surface area contributed by atoms with Gasteiger partial charge in [-0.25, -0.2) is 0 Å². The number of carboxylic acids is 1. The van der Waals surface area contributed by atoms with Crippen molar-refractivity contribution in [1.82, 2.24) is 20.4 Å². The highest BCUT2D eigenvalue weighted by Gasteiger charge is 2.39. The average molecular weight is 451 g/mol. The second-order valence-corrected chi connectivity index (χ2v) is 8.96. The van der Waals surface area contributed by atoms with Crippen molar-refractivity contribution in [3.8, 4) is 0 Å². The first-order chi connectivity index (χ1) is 15.4. The Morgan fingerprint density at radius 2 is 1.75 bits per heavy atom. The quantitative estimate of drug-likeness (QED) is 0.509. The van der Waals surface area contributed by atoms with E-state index in [1.165, 1.54) is 4.90 Å². The Morgan fingerprint density at radius 1 is 1.00 bits per heavy atom. The summed E-state index contributed by atoms with van der Waals surface area (Å²) in [4.78, 5) is 65.0. The zero-order valence-corrected chi connectivity index (χ0v) is 18.5. The number of nitrogens with zero attached hydrogens (tertiary/aromatic N) is 2. The largest absolute Gasteiger partial charge is 0.481 e. The molecule has 4 amide bonds. The normalized spacial score (nSPS) is 24.6. The molecule has 0 bridgehead atoms. The number of aliphatic carboxylic acids is 1. The summed E-state index contributed by atoms with van der Waals surface area (Å²) in [5.74, 6) is -1.96. The highest BCUT2D eigenvalue weighted by atomic mass is 16.4. The molecule has 1 saturated carbocycles. The molecule has 10 nitrogen and oxygen atoms in total. The van der Waals surface area contributed by atoms with Crippen LogP contribution in [0.25, 0.3) is 0 Å². The van der Waals surface area contributed by atoms with Crippen molar-refractivity contribution in [2.24, 2.45) is 5.92 Å². The molecule has 2 aliphatic heterocycles. The first-order valence-corrected chi connectivity index (χ1v) is 11.7. The molecular formula is C22H34N4O6. The fourth-order valence-corrected chi connectivity index (χ4v) is 4.83.